The van der Waals surface area contributed by atoms with E-state index in [0.29, 0.717) is 16.0 Å². The summed E-state index contributed by atoms with van der Waals surface area (Å²) in [5.74, 6) is 0.785. The van der Waals surface area contributed by atoms with Gasteiger partial charge in [0.15, 0.2) is 11.5 Å². The van der Waals surface area contributed by atoms with Gasteiger partial charge >= 0.3 is 0 Å². The Labute approximate surface area is 165 Å². The number of halogens is 2. The summed E-state index contributed by atoms with van der Waals surface area (Å²) in [5, 5.41) is 0. The molecule has 0 unspecified atom stereocenters. The summed E-state index contributed by atoms with van der Waals surface area (Å²) in [6.45, 7) is 3.62. The van der Waals surface area contributed by atoms with Gasteiger partial charge in [0.05, 0.1) is 19.8 Å². The van der Waals surface area contributed by atoms with E-state index in [9.17, 15) is 8.42 Å². The molecule has 8 heteroatoms. The molecule has 1 N–H and O–H groups in total. The molecule has 0 heterocycles. The maximum atomic E-state index is 12.9. The van der Waals surface area contributed by atoms with Gasteiger partial charge in [-0.05, 0) is 53.5 Å². The third kappa shape index (κ3) is 4.55. The van der Waals surface area contributed by atoms with E-state index in [2.05, 4.69) is 36.6 Å². The summed E-state index contributed by atoms with van der Waals surface area (Å²) in [5.41, 5.74) is 0.0439. The van der Waals surface area contributed by atoms with Gasteiger partial charge in [-0.15, -0.1) is 0 Å². The lowest BCUT2D eigenvalue weighted by Gasteiger charge is -2.27. The van der Waals surface area contributed by atoms with Crippen LogP contribution in [-0.2, 0) is 15.6 Å². The highest BCUT2D eigenvalue weighted by Crippen LogP contribution is 2.36. The molecule has 0 aliphatic rings. The molecular weight excluding hydrogens is 474 g/mol. The van der Waals surface area contributed by atoms with Crippen molar-refractivity contribution in [1.82, 2.24) is 4.72 Å². The van der Waals surface area contributed by atoms with Crippen LogP contribution in [0.15, 0.2) is 50.2 Å². The van der Waals surface area contributed by atoms with Gasteiger partial charge in [-0.3, -0.25) is 0 Å². The van der Waals surface area contributed by atoms with Crippen LogP contribution in [0.1, 0.15) is 19.4 Å². The zero-order valence-corrected chi connectivity index (χ0v) is 18.2. The highest BCUT2D eigenvalue weighted by molar-refractivity contribution is 9.10. The number of ether oxygens (including phenoxy) is 2. The van der Waals surface area contributed by atoms with E-state index in [0.717, 1.165) is 10.0 Å². The Morgan fingerprint density at radius 2 is 1.48 bits per heavy atom. The van der Waals surface area contributed by atoms with Crippen molar-refractivity contribution < 1.29 is 17.9 Å². The monoisotopic (exact) mass is 491 g/mol. The Morgan fingerprint density at radius 3 is 2.00 bits per heavy atom. The van der Waals surface area contributed by atoms with Crippen LogP contribution in [0.25, 0.3) is 0 Å². The average molecular weight is 493 g/mol. The van der Waals surface area contributed by atoms with Crippen LogP contribution in [0, 0.1) is 0 Å². The molecule has 0 saturated heterocycles. The third-order valence-electron chi connectivity index (χ3n) is 3.68. The normalized spacial score (nSPS) is 12.1. The number of nitrogens with one attached hydrogen (secondary N) is 1. The fourth-order valence-electron chi connectivity index (χ4n) is 2.36. The molecule has 0 fully saturated rings. The molecule has 0 amide bonds. The Balaban J connectivity index is 2.43. The fraction of sp³-hybridized carbons (Fsp3) is 0.294. The quantitative estimate of drug-likeness (QED) is 0.647. The maximum absolute atomic E-state index is 12.9. The van der Waals surface area contributed by atoms with Gasteiger partial charge in [0.2, 0.25) is 10.0 Å². The van der Waals surface area contributed by atoms with Gasteiger partial charge in [0.1, 0.15) is 4.90 Å². The largest absolute Gasteiger partial charge is 0.493 e. The number of sulfonamides is 1. The van der Waals surface area contributed by atoms with Crippen LogP contribution < -0.4 is 14.2 Å². The zero-order chi connectivity index (χ0) is 18.8. The Morgan fingerprint density at radius 1 is 0.960 bits per heavy atom. The molecule has 2 aromatic rings. The smallest absolute Gasteiger partial charge is 0.242 e. The topological polar surface area (TPSA) is 64.6 Å². The van der Waals surface area contributed by atoms with Crippen LogP contribution >= 0.6 is 31.9 Å². The molecular formula is C17H19Br2NO4S. The number of hydrogen-bond acceptors (Lipinski definition) is 4. The first-order valence-corrected chi connectivity index (χ1v) is 10.4. The minimum absolute atomic E-state index is 0.0790. The first kappa shape index (κ1) is 20.2. The van der Waals surface area contributed by atoms with Gasteiger partial charge < -0.3 is 9.47 Å². The summed E-state index contributed by atoms with van der Waals surface area (Å²) in [6.07, 6.45) is 0. The van der Waals surface area contributed by atoms with E-state index in [1.54, 1.807) is 6.07 Å². The van der Waals surface area contributed by atoms with Crippen molar-refractivity contribution in [1.29, 1.82) is 0 Å². The molecule has 0 spiro atoms. The van der Waals surface area contributed by atoms with Gasteiger partial charge in [0, 0.05) is 15.0 Å². The van der Waals surface area contributed by atoms with E-state index in [1.807, 2.05) is 38.1 Å². The van der Waals surface area contributed by atoms with Crippen LogP contribution in [0.2, 0.25) is 0 Å². The van der Waals surface area contributed by atoms with Crippen molar-refractivity contribution in [3.05, 3.63) is 50.9 Å². The molecule has 2 rings (SSSR count). The van der Waals surface area contributed by atoms with Crippen molar-refractivity contribution >= 4 is 41.9 Å². The van der Waals surface area contributed by atoms with Crippen LogP contribution in [-0.4, -0.2) is 22.6 Å². The molecule has 25 heavy (non-hydrogen) atoms. The van der Waals surface area contributed by atoms with Crippen molar-refractivity contribution in [2.45, 2.75) is 24.3 Å². The van der Waals surface area contributed by atoms with Gasteiger partial charge in [-0.25, -0.2) is 13.1 Å². The first-order chi connectivity index (χ1) is 11.6. The Bertz CT molecular complexity index is 865. The molecule has 0 aliphatic heterocycles. The lowest BCUT2D eigenvalue weighted by molar-refractivity contribution is 0.353. The van der Waals surface area contributed by atoms with Crippen molar-refractivity contribution in [3.63, 3.8) is 0 Å². The number of hydrogen-bond donors (Lipinski definition) is 1. The summed E-state index contributed by atoms with van der Waals surface area (Å²) < 4.78 is 40.3. The van der Waals surface area contributed by atoms with E-state index in [-0.39, 0.29) is 4.90 Å². The molecule has 0 bridgehead atoms. The number of methoxy groups -OCH3 is 2. The lowest BCUT2D eigenvalue weighted by atomic mass is 9.96. The summed E-state index contributed by atoms with van der Waals surface area (Å²) in [6, 6.07) is 10.5. The molecule has 0 radical (unpaired) electrons. The highest BCUT2D eigenvalue weighted by Gasteiger charge is 2.30. The molecule has 0 aliphatic carbocycles. The van der Waals surface area contributed by atoms with Crippen molar-refractivity contribution in [3.8, 4) is 11.5 Å². The summed E-state index contributed by atoms with van der Waals surface area (Å²) in [7, 11) is -0.856. The van der Waals surface area contributed by atoms with Gasteiger partial charge in [-0.2, -0.15) is 0 Å². The van der Waals surface area contributed by atoms with E-state index >= 15 is 0 Å². The first-order valence-electron chi connectivity index (χ1n) is 7.32. The zero-order valence-electron chi connectivity index (χ0n) is 14.3. The maximum Gasteiger partial charge on any atom is 0.242 e. The van der Waals surface area contributed by atoms with Crippen molar-refractivity contribution in [2.24, 2.45) is 0 Å². The molecule has 5 nitrogen and oxygen atoms in total. The predicted molar refractivity (Wildman–Crippen MR) is 105 cm³/mol. The van der Waals surface area contributed by atoms with Gasteiger partial charge in [0.25, 0.3) is 0 Å². The molecule has 0 atom stereocenters. The molecule has 0 aromatic heterocycles. The van der Waals surface area contributed by atoms with Gasteiger partial charge in [-0.1, -0.05) is 28.1 Å². The summed E-state index contributed by atoms with van der Waals surface area (Å²) in [4.78, 5) is 0.0790. The Kier molecular flexibility index (Phi) is 6.19. The second kappa shape index (κ2) is 7.65. The summed E-state index contributed by atoms with van der Waals surface area (Å²) >= 11 is 6.68. The minimum Gasteiger partial charge on any atom is -0.493 e. The lowest BCUT2D eigenvalue weighted by Crippen LogP contribution is -2.41. The predicted octanol–water partition coefficient (Wildman–Crippen LogP) is 4.44. The van der Waals surface area contributed by atoms with Crippen LogP contribution in [0.4, 0.5) is 0 Å². The highest BCUT2D eigenvalue weighted by atomic mass is 79.9. The minimum atomic E-state index is -3.81. The standard InChI is InChI=1S/C17H19Br2NO4S/c1-17(2,11-5-7-12(18)8-6-11)20-25(21,22)16-10-15(24-4)14(23-3)9-13(16)19/h5-10,20H,1-4H3. The second-order valence-electron chi connectivity index (χ2n) is 5.88. The Hall–Kier alpha value is -1.09. The average Bonchev–Trinajstić information content (AvgIpc) is 2.53. The second-order valence-corrected chi connectivity index (χ2v) is 9.30. The fourth-order valence-corrected chi connectivity index (χ4v) is 5.06. The molecule has 136 valence electrons. The number of benzene rings is 2. The third-order valence-corrected chi connectivity index (χ3v) is 6.83. The van der Waals surface area contributed by atoms with E-state index in [4.69, 9.17) is 9.47 Å². The molecule has 0 saturated carbocycles. The van der Waals surface area contributed by atoms with E-state index in [1.165, 1.54) is 20.3 Å². The van der Waals surface area contributed by atoms with Crippen molar-refractivity contribution in [2.75, 3.05) is 14.2 Å². The number of rotatable bonds is 6. The molecule has 2 aromatic carbocycles. The van der Waals surface area contributed by atoms with E-state index < -0.39 is 15.6 Å². The van der Waals surface area contributed by atoms with Crippen LogP contribution in [0.3, 0.4) is 0 Å². The SMILES string of the molecule is COc1cc(Br)c(S(=O)(=O)NC(C)(C)c2ccc(Br)cc2)cc1OC. The van der Waals surface area contributed by atoms with Crippen LogP contribution in [0.5, 0.6) is 11.5 Å².